The van der Waals surface area contributed by atoms with Gasteiger partial charge in [-0.25, -0.2) is 4.79 Å². The molecule has 0 amide bonds. The van der Waals surface area contributed by atoms with Crippen LogP contribution in [0.5, 0.6) is 5.75 Å². The number of hydrogen-bond donors (Lipinski definition) is 2. The van der Waals surface area contributed by atoms with Crippen LogP contribution in [0.3, 0.4) is 0 Å². The number of ether oxygens (including phenoxy) is 1. The highest BCUT2D eigenvalue weighted by Crippen LogP contribution is 2.22. The Hall–Kier alpha value is -2.41. The van der Waals surface area contributed by atoms with Crippen molar-refractivity contribution in [1.82, 2.24) is 19.6 Å². The Kier molecular flexibility index (Phi) is 4.06. The third-order valence-corrected chi connectivity index (χ3v) is 3.48. The van der Waals surface area contributed by atoms with Gasteiger partial charge in [0.1, 0.15) is 18.0 Å². The van der Waals surface area contributed by atoms with E-state index >= 15 is 0 Å². The van der Waals surface area contributed by atoms with Crippen LogP contribution in [-0.4, -0.2) is 31.3 Å². The summed E-state index contributed by atoms with van der Waals surface area (Å²) >= 11 is 0. The monoisotopic (exact) mass is 302 g/mol. The zero-order valence-corrected chi connectivity index (χ0v) is 12.4. The molecule has 3 aromatic rings. The molecule has 2 heterocycles. The molecule has 0 saturated carbocycles. The highest BCUT2D eigenvalue weighted by Gasteiger charge is 2.11. The van der Waals surface area contributed by atoms with Crippen molar-refractivity contribution in [3.05, 3.63) is 34.5 Å². The van der Waals surface area contributed by atoms with Crippen LogP contribution >= 0.6 is 0 Å². The molecule has 0 saturated heterocycles. The molecule has 0 bridgehead atoms. The van der Waals surface area contributed by atoms with Crippen molar-refractivity contribution in [2.45, 2.75) is 32.8 Å². The molecular weight excluding hydrogens is 284 g/mol. The summed E-state index contributed by atoms with van der Waals surface area (Å²) in [5.74, 6) is 1.05. The van der Waals surface area contributed by atoms with Crippen molar-refractivity contribution >= 4 is 16.6 Å². The van der Waals surface area contributed by atoms with Crippen LogP contribution in [-0.2, 0) is 6.61 Å². The number of unbranched alkanes of at least 4 members (excludes halogenated alkanes) is 2. The predicted octanol–water partition coefficient (Wildman–Crippen LogP) is 1.63. The standard InChI is InChI=1S/C15H18N4O3/c1-2-3-4-7-22-10-5-6-12-11(8-10)14-17-13(9-20)18-19(14)15(21)16-12/h5-6,8,20H,2-4,7,9H2,1H3,(H,17,18). The van der Waals surface area contributed by atoms with Crippen molar-refractivity contribution in [2.75, 3.05) is 6.61 Å². The number of H-pyrrole nitrogens is 1. The van der Waals surface area contributed by atoms with E-state index in [4.69, 9.17) is 9.84 Å². The van der Waals surface area contributed by atoms with Crippen molar-refractivity contribution < 1.29 is 9.84 Å². The van der Waals surface area contributed by atoms with Crippen LogP contribution in [0.25, 0.3) is 16.6 Å². The first-order chi connectivity index (χ1) is 10.7. The van der Waals surface area contributed by atoms with Crippen molar-refractivity contribution in [3.8, 4) is 5.75 Å². The number of rotatable bonds is 6. The van der Waals surface area contributed by atoms with E-state index in [1.807, 2.05) is 6.07 Å². The smallest absolute Gasteiger partial charge is 0.370 e. The van der Waals surface area contributed by atoms with Crippen LogP contribution in [0.1, 0.15) is 32.0 Å². The molecule has 0 fully saturated rings. The molecule has 0 spiro atoms. The van der Waals surface area contributed by atoms with Crippen molar-refractivity contribution in [2.24, 2.45) is 0 Å². The average Bonchev–Trinajstić information content (AvgIpc) is 2.97. The summed E-state index contributed by atoms with van der Waals surface area (Å²) in [7, 11) is 0. The SMILES string of the molecule is CCCCCOc1ccc2nc(=O)n3nc(CO)[nH]c3c2c1. The van der Waals surface area contributed by atoms with Crippen LogP contribution in [0.15, 0.2) is 23.0 Å². The lowest BCUT2D eigenvalue weighted by Gasteiger charge is -2.06. The molecule has 116 valence electrons. The number of hydrogen-bond acceptors (Lipinski definition) is 5. The maximum atomic E-state index is 11.9. The van der Waals surface area contributed by atoms with E-state index in [9.17, 15) is 4.79 Å². The molecule has 0 aliphatic rings. The van der Waals surface area contributed by atoms with Gasteiger partial charge in [0.05, 0.1) is 12.1 Å². The lowest BCUT2D eigenvalue weighted by Crippen LogP contribution is -2.17. The van der Waals surface area contributed by atoms with E-state index in [2.05, 4.69) is 22.0 Å². The predicted molar refractivity (Wildman–Crippen MR) is 82.1 cm³/mol. The number of nitrogens with zero attached hydrogens (tertiary/aromatic N) is 3. The fourth-order valence-electron chi connectivity index (χ4n) is 2.36. The van der Waals surface area contributed by atoms with E-state index < -0.39 is 5.69 Å². The zero-order valence-electron chi connectivity index (χ0n) is 12.4. The summed E-state index contributed by atoms with van der Waals surface area (Å²) in [6.07, 6.45) is 3.29. The Labute approximate surface area is 126 Å². The first-order valence-corrected chi connectivity index (χ1v) is 7.38. The summed E-state index contributed by atoms with van der Waals surface area (Å²) in [6, 6.07) is 5.40. The quantitative estimate of drug-likeness (QED) is 0.675. The number of fused-ring (bicyclic) bond motifs is 3. The van der Waals surface area contributed by atoms with Gasteiger partial charge in [-0.15, -0.1) is 5.10 Å². The van der Waals surface area contributed by atoms with E-state index in [0.29, 0.717) is 23.6 Å². The summed E-state index contributed by atoms with van der Waals surface area (Å²) in [5, 5.41) is 13.9. The van der Waals surface area contributed by atoms with Gasteiger partial charge in [0.25, 0.3) is 0 Å². The number of nitrogens with one attached hydrogen (secondary N) is 1. The number of aromatic nitrogens is 4. The minimum atomic E-state index is -0.477. The Morgan fingerprint density at radius 3 is 3.00 bits per heavy atom. The van der Waals surface area contributed by atoms with Crippen LogP contribution in [0, 0.1) is 0 Å². The largest absolute Gasteiger partial charge is 0.494 e. The molecule has 22 heavy (non-hydrogen) atoms. The third kappa shape index (κ3) is 2.67. The highest BCUT2D eigenvalue weighted by atomic mass is 16.5. The zero-order chi connectivity index (χ0) is 15.5. The Bertz CT molecular complexity index is 853. The number of aromatic amines is 1. The Morgan fingerprint density at radius 1 is 1.36 bits per heavy atom. The van der Waals surface area contributed by atoms with E-state index in [1.54, 1.807) is 12.1 Å². The van der Waals surface area contributed by atoms with Crippen LogP contribution in [0.2, 0.25) is 0 Å². The number of aliphatic hydroxyl groups is 1. The second-order valence-electron chi connectivity index (χ2n) is 5.12. The number of benzene rings is 1. The number of aliphatic hydroxyl groups excluding tert-OH is 1. The summed E-state index contributed by atoms with van der Waals surface area (Å²) in [5.41, 5.74) is 0.604. The average molecular weight is 302 g/mol. The van der Waals surface area contributed by atoms with Gasteiger partial charge in [-0.2, -0.15) is 9.50 Å². The summed E-state index contributed by atoms with van der Waals surface area (Å²) in [6.45, 7) is 2.54. The maximum absolute atomic E-state index is 11.9. The van der Waals surface area contributed by atoms with Gasteiger partial charge in [-0.1, -0.05) is 19.8 Å². The Balaban J connectivity index is 2.02. The molecular formula is C15H18N4O3. The lowest BCUT2D eigenvalue weighted by molar-refractivity contribution is 0.271. The van der Waals surface area contributed by atoms with Gasteiger partial charge in [-0.3, -0.25) is 0 Å². The van der Waals surface area contributed by atoms with E-state index in [0.717, 1.165) is 34.9 Å². The summed E-state index contributed by atoms with van der Waals surface area (Å²) in [4.78, 5) is 18.8. The second kappa shape index (κ2) is 6.15. The van der Waals surface area contributed by atoms with Gasteiger partial charge < -0.3 is 14.8 Å². The Morgan fingerprint density at radius 2 is 2.23 bits per heavy atom. The van der Waals surface area contributed by atoms with Gasteiger partial charge in [-0.05, 0) is 24.6 Å². The van der Waals surface area contributed by atoms with Crippen molar-refractivity contribution in [1.29, 1.82) is 0 Å². The molecule has 1 aromatic carbocycles. The van der Waals surface area contributed by atoms with Crippen molar-refractivity contribution in [3.63, 3.8) is 0 Å². The summed E-state index contributed by atoms with van der Waals surface area (Å²) < 4.78 is 6.89. The first-order valence-electron chi connectivity index (χ1n) is 7.38. The fourth-order valence-corrected chi connectivity index (χ4v) is 2.36. The molecule has 2 N–H and O–H groups in total. The highest BCUT2D eigenvalue weighted by molar-refractivity contribution is 5.91. The topological polar surface area (TPSA) is 92.5 Å². The molecule has 0 aliphatic carbocycles. The van der Waals surface area contributed by atoms with E-state index in [1.165, 1.54) is 0 Å². The molecule has 2 aromatic heterocycles. The minimum absolute atomic E-state index is 0.268. The molecule has 7 nitrogen and oxygen atoms in total. The molecule has 7 heteroatoms. The molecule has 3 rings (SSSR count). The fraction of sp³-hybridized carbons (Fsp3) is 0.400. The third-order valence-electron chi connectivity index (χ3n) is 3.48. The molecule has 0 aliphatic heterocycles. The normalized spacial score (nSPS) is 11.4. The maximum Gasteiger partial charge on any atom is 0.370 e. The van der Waals surface area contributed by atoms with Crippen LogP contribution < -0.4 is 10.4 Å². The van der Waals surface area contributed by atoms with Gasteiger partial charge in [0.2, 0.25) is 0 Å². The molecule has 0 radical (unpaired) electrons. The first kappa shape index (κ1) is 14.5. The van der Waals surface area contributed by atoms with E-state index in [-0.39, 0.29) is 6.61 Å². The van der Waals surface area contributed by atoms with Crippen LogP contribution in [0.4, 0.5) is 0 Å². The molecule has 0 unspecified atom stereocenters. The lowest BCUT2D eigenvalue weighted by atomic mass is 10.2. The second-order valence-corrected chi connectivity index (χ2v) is 5.12. The van der Waals surface area contributed by atoms with Gasteiger partial charge in [0, 0.05) is 5.39 Å². The minimum Gasteiger partial charge on any atom is -0.494 e. The molecule has 0 atom stereocenters. The van der Waals surface area contributed by atoms with Gasteiger partial charge >= 0.3 is 5.69 Å². The van der Waals surface area contributed by atoms with Gasteiger partial charge in [0.15, 0.2) is 5.82 Å².